The lowest BCUT2D eigenvalue weighted by Crippen LogP contribution is -2.31. The average molecular weight is 324 g/mol. The van der Waals surface area contributed by atoms with Crippen LogP contribution < -0.4 is 10.1 Å². The predicted molar refractivity (Wildman–Crippen MR) is 77.4 cm³/mol. The number of nitrogens with one attached hydrogen (secondary N) is 1. The summed E-state index contributed by atoms with van der Waals surface area (Å²) in [6, 6.07) is 5.46. The number of hydrogen-bond donors (Lipinski definition) is 1. The van der Waals surface area contributed by atoms with E-state index in [1.807, 2.05) is 12.1 Å². The number of halogens is 1. The third-order valence-electron chi connectivity index (χ3n) is 4.35. The zero-order valence-electron chi connectivity index (χ0n) is 11.0. The number of carbonyl (C=O) groups is 1. The molecule has 0 spiro atoms. The fourth-order valence-electron chi connectivity index (χ4n) is 2.74. The van der Waals surface area contributed by atoms with Crippen LogP contribution in [-0.4, -0.2) is 19.6 Å². The van der Waals surface area contributed by atoms with E-state index in [4.69, 9.17) is 4.74 Å². The molecular weight excluding hydrogens is 306 g/mol. The van der Waals surface area contributed by atoms with Crippen LogP contribution >= 0.6 is 15.9 Å². The second kappa shape index (κ2) is 4.82. The normalized spacial score (nSPS) is 19.9. The first-order valence-electron chi connectivity index (χ1n) is 6.76. The van der Waals surface area contributed by atoms with Gasteiger partial charge in [-0.25, -0.2) is 0 Å². The Morgan fingerprint density at radius 3 is 2.79 bits per heavy atom. The van der Waals surface area contributed by atoms with Crippen molar-refractivity contribution < 1.29 is 9.53 Å². The first-order chi connectivity index (χ1) is 9.14. The lowest BCUT2D eigenvalue weighted by Gasteiger charge is -2.15. The number of ether oxygens (including phenoxy) is 1. The molecule has 1 N–H and O–H groups in total. The molecule has 3 nitrogen and oxygen atoms in total. The number of amides is 1. The average Bonchev–Trinajstić information content (AvgIpc) is 3.28. The molecule has 2 aliphatic carbocycles. The van der Waals surface area contributed by atoms with Crippen LogP contribution in [0.3, 0.4) is 0 Å². The van der Waals surface area contributed by atoms with Gasteiger partial charge in [-0.15, -0.1) is 0 Å². The van der Waals surface area contributed by atoms with Gasteiger partial charge in [0.1, 0.15) is 5.75 Å². The lowest BCUT2D eigenvalue weighted by atomic mass is 10.0. The summed E-state index contributed by atoms with van der Waals surface area (Å²) in [6.45, 7) is 0.820. The van der Waals surface area contributed by atoms with Crippen molar-refractivity contribution in [1.82, 2.24) is 5.32 Å². The van der Waals surface area contributed by atoms with Gasteiger partial charge in [0.25, 0.3) is 5.91 Å². The van der Waals surface area contributed by atoms with E-state index in [-0.39, 0.29) is 5.91 Å². The fraction of sp³-hybridized carbons (Fsp3) is 0.533. The molecule has 2 aliphatic rings. The Hall–Kier alpha value is -1.03. The third kappa shape index (κ3) is 2.64. The van der Waals surface area contributed by atoms with Crippen molar-refractivity contribution in [3.63, 3.8) is 0 Å². The molecule has 0 saturated heterocycles. The van der Waals surface area contributed by atoms with Crippen molar-refractivity contribution >= 4 is 21.8 Å². The molecule has 0 bridgehead atoms. The van der Waals surface area contributed by atoms with Gasteiger partial charge in [-0.3, -0.25) is 4.79 Å². The van der Waals surface area contributed by atoms with Gasteiger partial charge in [-0.1, -0.05) is 0 Å². The largest absolute Gasteiger partial charge is 0.497 e. The molecule has 0 heterocycles. The number of rotatable bonds is 5. The maximum Gasteiger partial charge on any atom is 0.252 e. The predicted octanol–water partition coefficient (Wildman–Crippen LogP) is 3.38. The van der Waals surface area contributed by atoms with Crippen molar-refractivity contribution in [2.24, 2.45) is 11.3 Å². The van der Waals surface area contributed by atoms with Crippen LogP contribution in [0.15, 0.2) is 22.7 Å². The lowest BCUT2D eigenvalue weighted by molar-refractivity contribution is 0.0941. The van der Waals surface area contributed by atoms with Crippen LogP contribution in [0, 0.1) is 11.3 Å². The fourth-order valence-corrected chi connectivity index (χ4v) is 3.17. The zero-order valence-corrected chi connectivity index (χ0v) is 12.6. The van der Waals surface area contributed by atoms with E-state index in [1.165, 1.54) is 25.7 Å². The number of methoxy groups -OCH3 is 1. The first kappa shape index (κ1) is 13.0. The molecule has 19 heavy (non-hydrogen) atoms. The van der Waals surface area contributed by atoms with Crippen molar-refractivity contribution in [3.05, 3.63) is 28.2 Å². The van der Waals surface area contributed by atoms with E-state index in [2.05, 4.69) is 21.2 Å². The zero-order chi connectivity index (χ0) is 13.5. The molecule has 0 aromatic heterocycles. The molecule has 1 aromatic carbocycles. The number of carbonyl (C=O) groups excluding carboxylic acids is 1. The molecule has 4 heteroatoms. The van der Waals surface area contributed by atoms with Crippen LogP contribution in [0.2, 0.25) is 0 Å². The van der Waals surface area contributed by atoms with Crippen LogP contribution in [0.4, 0.5) is 0 Å². The van der Waals surface area contributed by atoms with Gasteiger partial charge in [0.05, 0.1) is 12.7 Å². The van der Waals surface area contributed by atoms with Crippen LogP contribution in [0.1, 0.15) is 36.0 Å². The summed E-state index contributed by atoms with van der Waals surface area (Å²) in [5.41, 5.74) is 1.08. The van der Waals surface area contributed by atoms with Gasteiger partial charge in [0.2, 0.25) is 0 Å². The van der Waals surface area contributed by atoms with E-state index < -0.39 is 0 Å². The van der Waals surface area contributed by atoms with E-state index >= 15 is 0 Å². The van der Waals surface area contributed by atoms with Crippen molar-refractivity contribution in [1.29, 1.82) is 0 Å². The summed E-state index contributed by atoms with van der Waals surface area (Å²) >= 11 is 3.42. The Labute approximate surface area is 121 Å². The quantitative estimate of drug-likeness (QED) is 0.902. The molecule has 1 aromatic rings. The molecule has 2 fully saturated rings. The molecular formula is C15H18BrNO2. The monoisotopic (exact) mass is 323 g/mol. The Morgan fingerprint density at radius 1 is 1.47 bits per heavy atom. The van der Waals surface area contributed by atoms with E-state index in [9.17, 15) is 4.79 Å². The van der Waals surface area contributed by atoms with Gasteiger partial charge in [-0.2, -0.15) is 0 Å². The Kier molecular flexibility index (Phi) is 3.29. The molecule has 3 rings (SSSR count). The number of benzene rings is 1. The second-order valence-electron chi connectivity index (χ2n) is 5.67. The maximum atomic E-state index is 12.3. The first-order valence-corrected chi connectivity index (χ1v) is 7.56. The Bertz CT molecular complexity index is 507. The Balaban J connectivity index is 1.66. The minimum absolute atomic E-state index is 0.0160. The molecule has 0 radical (unpaired) electrons. The van der Waals surface area contributed by atoms with E-state index in [1.54, 1.807) is 13.2 Å². The maximum absolute atomic E-state index is 12.3. The van der Waals surface area contributed by atoms with Gasteiger partial charge in [0.15, 0.2) is 0 Å². The second-order valence-corrected chi connectivity index (χ2v) is 6.52. The summed E-state index contributed by atoms with van der Waals surface area (Å²) in [6.07, 6.45) is 5.24. The Morgan fingerprint density at radius 2 is 2.21 bits per heavy atom. The molecule has 0 atom stereocenters. The summed E-state index contributed by atoms with van der Waals surface area (Å²) in [5, 5.41) is 3.09. The SMILES string of the molecule is COc1ccc(Br)c(C(=O)NCC2(C3CC3)CC2)c1. The highest BCUT2D eigenvalue weighted by Gasteiger charge is 2.53. The summed E-state index contributed by atoms with van der Waals surface area (Å²) in [5.74, 6) is 1.55. The molecule has 0 unspecified atom stereocenters. The van der Waals surface area contributed by atoms with Crippen LogP contribution in [0.5, 0.6) is 5.75 Å². The topological polar surface area (TPSA) is 38.3 Å². The molecule has 1 amide bonds. The summed E-state index contributed by atoms with van der Waals surface area (Å²) < 4.78 is 5.97. The third-order valence-corrected chi connectivity index (χ3v) is 5.05. The van der Waals surface area contributed by atoms with Gasteiger partial charge in [-0.05, 0) is 71.1 Å². The molecule has 102 valence electrons. The van der Waals surface area contributed by atoms with Gasteiger partial charge >= 0.3 is 0 Å². The molecule has 2 saturated carbocycles. The smallest absolute Gasteiger partial charge is 0.252 e. The van der Waals surface area contributed by atoms with Gasteiger partial charge in [0, 0.05) is 11.0 Å². The summed E-state index contributed by atoms with van der Waals surface area (Å²) in [4.78, 5) is 12.3. The number of hydrogen-bond acceptors (Lipinski definition) is 2. The standard InChI is InChI=1S/C15H18BrNO2/c1-19-11-4-5-13(16)12(8-11)14(18)17-9-15(6-7-15)10-2-3-10/h4-5,8,10H,2-3,6-7,9H2,1H3,(H,17,18). The van der Waals surface area contributed by atoms with Gasteiger partial charge < -0.3 is 10.1 Å². The van der Waals surface area contributed by atoms with Crippen molar-refractivity contribution in [3.8, 4) is 5.75 Å². The summed E-state index contributed by atoms with van der Waals surface area (Å²) in [7, 11) is 1.61. The highest BCUT2D eigenvalue weighted by molar-refractivity contribution is 9.10. The highest BCUT2D eigenvalue weighted by atomic mass is 79.9. The minimum Gasteiger partial charge on any atom is -0.497 e. The highest BCUT2D eigenvalue weighted by Crippen LogP contribution is 2.60. The molecule has 0 aliphatic heterocycles. The van der Waals surface area contributed by atoms with E-state index in [0.717, 1.165) is 16.9 Å². The van der Waals surface area contributed by atoms with Crippen LogP contribution in [0.25, 0.3) is 0 Å². The minimum atomic E-state index is -0.0160. The van der Waals surface area contributed by atoms with Crippen molar-refractivity contribution in [2.75, 3.05) is 13.7 Å². The van der Waals surface area contributed by atoms with E-state index in [0.29, 0.717) is 16.7 Å². The van der Waals surface area contributed by atoms with Crippen LogP contribution in [-0.2, 0) is 0 Å². The van der Waals surface area contributed by atoms with Crippen molar-refractivity contribution in [2.45, 2.75) is 25.7 Å².